The van der Waals surface area contributed by atoms with E-state index in [1.165, 1.54) is 22.6 Å². The van der Waals surface area contributed by atoms with Crippen molar-refractivity contribution in [2.45, 2.75) is 0 Å². The van der Waals surface area contributed by atoms with Gasteiger partial charge in [0.2, 0.25) is 5.82 Å². The minimum atomic E-state index is -1.08. The highest BCUT2D eigenvalue weighted by molar-refractivity contribution is 14.1. The zero-order valence-corrected chi connectivity index (χ0v) is 8.60. The lowest BCUT2D eigenvalue weighted by atomic mass is 10.3. The van der Waals surface area contributed by atoms with Crippen LogP contribution in [0, 0.1) is 29.6 Å². The molecule has 0 unspecified atom stereocenters. The number of nitro benzene ring substituents is 2. The maximum absolute atomic E-state index is 12.9. The molecule has 1 aromatic rings. The highest BCUT2D eigenvalue weighted by atomic mass is 127. The van der Waals surface area contributed by atoms with Crippen molar-refractivity contribution >= 4 is 34.0 Å². The number of halogens is 2. The van der Waals surface area contributed by atoms with Gasteiger partial charge in [-0.1, -0.05) is 0 Å². The fourth-order valence-corrected chi connectivity index (χ4v) is 1.43. The Balaban J connectivity index is 3.42. The van der Waals surface area contributed by atoms with Gasteiger partial charge in [-0.05, 0) is 22.6 Å². The third-order valence-corrected chi connectivity index (χ3v) is 2.27. The monoisotopic (exact) mass is 312 g/mol. The molecule has 0 saturated heterocycles. The lowest BCUT2D eigenvalue weighted by molar-refractivity contribution is -0.396. The summed E-state index contributed by atoms with van der Waals surface area (Å²) in [5, 5.41) is 20.6. The van der Waals surface area contributed by atoms with Gasteiger partial charge >= 0.3 is 5.69 Å². The van der Waals surface area contributed by atoms with Crippen LogP contribution < -0.4 is 0 Å². The van der Waals surface area contributed by atoms with E-state index in [-0.39, 0.29) is 3.57 Å². The van der Waals surface area contributed by atoms with Crippen LogP contribution in [-0.2, 0) is 0 Å². The van der Waals surface area contributed by atoms with Gasteiger partial charge < -0.3 is 0 Å². The Hall–Kier alpha value is -1.32. The van der Waals surface area contributed by atoms with Crippen LogP contribution in [0.3, 0.4) is 0 Å². The van der Waals surface area contributed by atoms with Crippen LogP contribution >= 0.6 is 22.6 Å². The molecule has 0 fully saturated rings. The molecular weight excluding hydrogens is 310 g/mol. The Kier molecular flexibility index (Phi) is 2.93. The van der Waals surface area contributed by atoms with E-state index in [2.05, 4.69) is 0 Å². The van der Waals surface area contributed by atoms with Gasteiger partial charge in [0.25, 0.3) is 5.69 Å². The molecule has 1 aromatic carbocycles. The van der Waals surface area contributed by atoms with E-state index in [0.29, 0.717) is 6.07 Å². The topological polar surface area (TPSA) is 86.3 Å². The molecular formula is C6H2FIN2O4. The third-order valence-electron chi connectivity index (χ3n) is 1.41. The molecule has 0 N–H and O–H groups in total. The molecule has 0 aliphatic rings. The largest absolute Gasteiger partial charge is 0.311 e. The lowest BCUT2D eigenvalue weighted by Gasteiger charge is -1.96. The second-order valence-corrected chi connectivity index (χ2v) is 3.43. The molecule has 0 heterocycles. The molecule has 0 aliphatic heterocycles. The van der Waals surface area contributed by atoms with Gasteiger partial charge in [-0.2, -0.15) is 4.39 Å². The van der Waals surface area contributed by atoms with Gasteiger partial charge in [0.05, 0.1) is 19.5 Å². The van der Waals surface area contributed by atoms with Gasteiger partial charge in [0.1, 0.15) is 0 Å². The van der Waals surface area contributed by atoms with Crippen molar-refractivity contribution in [3.63, 3.8) is 0 Å². The van der Waals surface area contributed by atoms with Crippen LogP contribution in [0.5, 0.6) is 0 Å². The number of hydrogen-bond donors (Lipinski definition) is 0. The molecule has 0 aliphatic carbocycles. The molecule has 0 aromatic heterocycles. The van der Waals surface area contributed by atoms with E-state index in [9.17, 15) is 24.6 Å². The van der Waals surface area contributed by atoms with Crippen molar-refractivity contribution in [1.82, 2.24) is 0 Å². The van der Waals surface area contributed by atoms with Crippen LogP contribution in [0.15, 0.2) is 12.1 Å². The molecule has 0 amide bonds. The summed E-state index contributed by atoms with van der Waals surface area (Å²) in [7, 11) is 0. The second kappa shape index (κ2) is 3.82. The summed E-state index contributed by atoms with van der Waals surface area (Å²) in [4.78, 5) is 18.8. The molecule has 8 heteroatoms. The Labute approximate surface area is 90.2 Å². The number of hydrogen-bond acceptors (Lipinski definition) is 4. The van der Waals surface area contributed by atoms with Crippen LogP contribution in [0.2, 0.25) is 0 Å². The Morgan fingerprint density at radius 1 is 1.14 bits per heavy atom. The fraction of sp³-hybridized carbons (Fsp3) is 0. The minimum Gasteiger partial charge on any atom is -0.258 e. The van der Waals surface area contributed by atoms with Gasteiger partial charge in [-0.15, -0.1) is 0 Å². The summed E-state index contributed by atoms with van der Waals surface area (Å²) >= 11 is 1.54. The van der Waals surface area contributed by atoms with E-state index in [0.717, 1.165) is 6.07 Å². The van der Waals surface area contributed by atoms with Crippen molar-refractivity contribution in [3.8, 4) is 0 Å². The third kappa shape index (κ3) is 1.95. The van der Waals surface area contributed by atoms with Crippen molar-refractivity contribution < 1.29 is 14.2 Å². The van der Waals surface area contributed by atoms with Crippen LogP contribution in [-0.4, -0.2) is 9.85 Å². The molecule has 0 radical (unpaired) electrons. The normalized spacial score (nSPS) is 9.86. The van der Waals surface area contributed by atoms with E-state index >= 15 is 0 Å². The summed E-state index contributed by atoms with van der Waals surface area (Å²) in [5.74, 6) is -1.08. The van der Waals surface area contributed by atoms with E-state index < -0.39 is 27.0 Å². The molecule has 6 nitrogen and oxygen atoms in total. The molecule has 14 heavy (non-hydrogen) atoms. The van der Waals surface area contributed by atoms with Crippen molar-refractivity contribution in [1.29, 1.82) is 0 Å². The smallest absolute Gasteiger partial charge is 0.258 e. The minimum absolute atomic E-state index is 0.0238. The average Bonchev–Trinajstić information content (AvgIpc) is 2.02. The zero-order valence-electron chi connectivity index (χ0n) is 6.44. The molecule has 0 spiro atoms. The average molecular weight is 312 g/mol. The SMILES string of the molecule is O=[N+]([O-])c1cc([N+](=O)[O-])c(I)cc1F. The van der Waals surface area contributed by atoms with Crippen LogP contribution in [0.1, 0.15) is 0 Å². The quantitative estimate of drug-likeness (QED) is 0.476. The summed E-state index contributed by atoms with van der Waals surface area (Å²) < 4.78 is 12.9. The first kappa shape index (κ1) is 10.8. The predicted molar refractivity (Wildman–Crippen MR) is 52.4 cm³/mol. The van der Waals surface area contributed by atoms with Gasteiger partial charge in [0, 0.05) is 6.07 Å². The lowest BCUT2D eigenvalue weighted by Crippen LogP contribution is -1.97. The molecule has 1 rings (SSSR count). The predicted octanol–water partition coefficient (Wildman–Crippen LogP) is 2.25. The van der Waals surface area contributed by atoms with Crippen molar-refractivity contribution in [2.75, 3.05) is 0 Å². The first-order valence-electron chi connectivity index (χ1n) is 3.21. The van der Waals surface area contributed by atoms with Crippen molar-refractivity contribution in [3.05, 3.63) is 41.7 Å². The summed E-state index contributed by atoms with van der Waals surface area (Å²) in [6.07, 6.45) is 0. The zero-order chi connectivity index (χ0) is 10.9. The molecule has 0 saturated carbocycles. The van der Waals surface area contributed by atoms with E-state index in [1.807, 2.05) is 0 Å². The highest BCUT2D eigenvalue weighted by Gasteiger charge is 2.23. The van der Waals surface area contributed by atoms with E-state index in [4.69, 9.17) is 0 Å². The summed E-state index contributed by atoms with van der Waals surface area (Å²) in [6.45, 7) is 0. The Morgan fingerprint density at radius 3 is 2.07 bits per heavy atom. The first-order valence-corrected chi connectivity index (χ1v) is 4.29. The van der Waals surface area contributed by atoms with Gasteiger partial charge in [-0.3, -0.25) is 20.2 Å². The number of benzene rings is 1. The number of nitro groups is 2. The molecule has 74 valence electrons. The standard InChI is InChI=1S/C6H2FIN2O4/c7-3-1-4(8)6(10(13)14)2-5(3)9(11)12/h1-2H. The van der Waals surface area contributed by atoms with E-state index in [1.54, 1.807) is 0 Å². The maximum Gasteiger partial charge on any atom is 0.311 e. The van der Waals surface area contributed by atoms with Crippen molar-refractivity contribution in [2.24, 2.45) is 0 Å². The number of nitrogens with zero attached hydrogens (tertiary/aromatic N) is 2. The number of rotatable bonds is 2. The van der Waals surface area contributed by atoms with Crippen LogP contribution in [0.4, 0.5) is 15.8 Å². The van der Waals surface area contributed by atoms with Gasteiger partial charge in [0.15, 0.2) is 0 Å². The molecule has 0 bridgehead atoms. The van der Waals surface area contributed by atoms with Gasteiger partial charge in [-0.25, -0.2) is 0 Å². The summed E-state index contributed by atoms with van der Waals surface area (Å²) in [5.41, 5.74) is -1.36. The Morgan fingerprint density at radius 2 is 1.64 bits per heavy atom. The van der Waals surface area contributed by atoms with Crippen LogP contribution in [0.25, 0.3) is 0 Å². The first-order chi connectivity index (χ1) is 6.43. The highest BCUT2D eigenvalue weighted by Crippen LogP contribution is 2.28. The molecule has 0 atom stereocenters. The second-order valence-electron chi connectivity index (χ2n) is 2.27. The summed E-state index contributed by atoms with van der Waals surface area (Å²) in [6, 6.07) is 1.37. The fourth-order valence-electron chi connectivity index (χ4n) is 0.806. The Bertz CT molecular complexity index is 387. The maximum atomic E-state index is 12.9.